The second kappa shape index (κ2) is 10.9. The van der Waals surface area contributed by atoms with Gasteiger partial charge in [-0.1, -0.05) is 20.8 Å². The highest BCUT2D eigenvalue weighted by molar-refractivity contribution is 7.86. The molecule has 0 radical (unpaired) electrons. The summed E-state index contributed by atoms with van der Waals surface area (Å²) in [5, 5.41) is 10.9. The summed E-state index contributed by atoms with van der Waals surface area (Å²) in [6.45, 7) is 7.58. The molecule has 4 rings (SSSR count). The normalized spacial score (nSPS) is 43.2. The fourth-order valence-corrected chi connectivity index (χ4v) is 10.5. The molecule has 0 aliphatic heterocycles. The van der Waals surface area contributed by atoms with E-state index >= 15 is 0 Å². The monoisotopic (exact) mass is 546 g/mol. The Labute approximate surface area is 219 Å². The molecule has 4 aliphatic rings. The van der Waals surface area contributed by atoms with Crippen molar-refractivity contribution in [2.45, 2.75) is 115 Å². The average molecular weight is 547 g/mol. The van der Waals surface area contributed by atoms with Crippen molar-refractivity contribution in [3.05, 3.63) is 0 Å². The minimum absolute atomic E-state index is 0.0463. The van der Waals surface area contributed by atoms with Gasteiger partial charge in [-0.3, -0.25) is 4.55 Å². The van der Waals surface area contributed by atoms with Crippen molar-refractivity contribution in [3.63, 3.8) is 0 Å². The van der Waals surface area contributed by atoms with Gasteiger partial charge in [0.2, 0.25) is 10.3 Å². The van der Waals surface area contributed by atoms with E-state index in [-0.39, 0.29) is 41.8 Å². The first-order chi connectivity index (χ1) is 16.9. The van der Waals surface area contributed by atoms with Crippen molar-refractivity contribution in [2.24, 2.45) is 40.4 Å². The highest BCUT2D eigenvalue weighted by Crippen LogP contribution is 2.68. The van der Waals surface area contributed by atoms with Gasteiger partial charge in [0.1, 0.15) is 0 Å². The van der Waals surface area contributed by atoms with Crippen molar-refractivity contribution in [1.82, 2.24) is 0 Å². The van der Waals surface area contributed by atoms with Crippen LogP contribution in [0, 0.1) is 40.4 Å². The summed E-state index contributed by atoms with van der Waals surface area (Å²) in [6, 6.07) is 0. The van der Waals surface area contributed by atoms with Gasteiger partial charge in [0.15, 0.2) is 0 Å². The first-order valence-corrected chi connectivity index (χ1v) is 16.7. The zero-order valence-corrected chi connectivity index (χ0v) is 23.8. The van der Waals surface area contributed by atoms with Crippen LogP contribution in [0.15, 0.2) is 0 Å². The first kappa shape index (κ1) is 28.5. The van der Waals surface area contributed by atoms with Gasteiger partial charge in [0, 0.05) is 12.0 Å². The van der Waals surface area contributed by atoms with Gasteiger partial charge in [-0.05, 0) is 117 Å². The number of hydrogen-bond donors (Lipinski definition) is 2. The minimum Gasteiger partial charge on any atom is -0.390 e. The maximum atomic E-state index is 12.2. The molecular weight excluding hydrogens is 500 g/mol. The van der Waals surface area contributed by atoms with E-state index < -0.39 is 25.7 Å². The van der Waals surface area contributed by atoms with Crippen LogP contribution in [0.4, 0.5) is 0 Å². The van der Waals surface area contributed by atoms with Gasteiger partial charge in [0.25, 0.3) is 10.1 Å². The molecule has 0 saturated heterocycles. The molecule has 0 heterocycles. The third-order valence-corrected chi connectivity index (χ3v) is 12.9. The van der Waals surface area contributed by atoms with E-state index in [1.807, 2.05) is 0 Å². The molecule has 36 heavy (non-hydrogen) atoms. The second-order valence-electron chi connectivity index (χ2n) is 12.8. The number of aliphatic hydroxyl groups is 1. The number of rotatable bonds is 9. The first-order valence-electron chi connectivity index (χ1n) is 14.1. The Bertz CT molecular complexity index is 1020. The number of aliphatic hydroxyl groups excluding tert-OH is 1. The lowest BCUT2D eigenvalue weighted by molar-refractivity contribution is -0.172. The van der Waals surface area contributed by atoms with Gasteiger partial charge < -0.3 is 9.84 Å². The van der Waals surface area contributed by atoms with Crippen LogP contribution in [-0.4, -0.2) is 55.9 Å². The van der Waals surface area contributed by atoms with Crippen LogP contribution in [0.3, 0.4) is 0 Å². The lowest BCUT2D eigenvalue weighted by Crippen LogP contribution is -2.57. The topological polar surface area (TPSA) is 118 Å². The lowest BCUT2D eigenvalue weighted by atomic mass is 9.44. The van der Waals surface area contributed by atoms with Crippen LogP contribution in [-0.2, 0) is 25.1 Å². The van der Waals surface area contributed by atoms with E-state index in [0.717, 1.165) is 56.7 Å². The molecule has 0 aromatic rings. The van der Waals surface area contributed by atoms with Crippen LogP contribution in [0.5, 0.6) is 0 Å². The van der Waals surface area contributed by atoms with E-state index in [2.05, 4.69) is 20.8 Å². The third-order valence-electron chi connectivity index (χ3n) is 11.1. The predicted molar refractivity (Wildman–Crippen MR) is 141 cm³/mol. The van der Waals surface area contributed by atoms with E-state index in [1.54, 1.807) is 0 Å². The predicted octanol–water partition coefficient (Wildman–Crippen LogP) is 4.52. The molecule has 7 nitrogen and oxygen atoms in total. The Kier molecular flexibility index (Phi) is 8.68. The quantitative estimate of drug-likeness (QED) is 0.322. The van der Waals surface area contributed by atoms with E-state index in [4.69, 9.17) is 4.74 Å². The summed E-state index contributed by atoms with van der Waals surface area (Å²) in [7, 11) is -6.56. The van der Waals surface area contributed by atoms with Crippen molar-refractivity contribution in [1.29, 1.82) is 0 Å². The molecule has 0 aromatic carbocycles. The van der Waals surface area contributed by atoms with Crippen molar-refractivity contribution < 1.29 is 31.2 Å². The molecule has 9 heteroatoms. The fourth-order valence-electron chi connectivity index (χ4n) is 9.24. The Morgan fingerprint density at radius 3 is 2.47 bits per heavy atom. The van der Waals surface area contributed by atoms with Gasteiger partial charge in [0.05, 0.1) is 17.5 Å². The molecular formula is C27H46O7S2. The van der Waals surface area contributed by atoms with Crippen molar-refractivity contribution in [2.75, 3.05) is 6.61 Å². The Morgan fingerprint density at radius 1 is 1.08 bits per heavy atom. The van der Waals surface area contributed by atoms with Gasteiger partial charge >= 0.3 is 0 Å². The van der Waals surface area contributed by atoms with E-state index in [9.17, 15) is 26.5 Å². The Balaban J connectivity index is 1.50. The summed E-state index contributed by atoms with van der Waals surface area (Å²) in [4.78, 5) is 0. The van der Waals surface area contributed by atoms with E-state index in [0.29, 0.717) is 36.7 Å². The smallest absolute Gasteiger partial charge is 0.267 e. The van der Waals surface area contributed by atoms with Crippen LogP contribution in [0.25, 0.3) is 0 Å². The minimum atomic E-state index is -4.24. The fraction of sp³-hybridized carbons (Fsp3) is 0.963. The molecule has 2 N–H and O–H groups in total. The summed E-state index contributed by atoms with van der Waals surface area (Å²) >= 11 is 0. The maximum absolute atomic E-state index is 12.2. The van der Waals surface area contributed by atoms with Gasteiger partial charge in [-0.25, -0.2) is 0 Å². The molecule has 4 aliphatic carbocycles. The maximum Gasteiger partial charge on any atom is 0.267 e. The summed E-state index contributed by atoms with van der Waals surface area (Å²) in [5.74, 6) is 2.50. The second-order valence-corrected chi connectivity index (χ2v) is 15.3. The Hall–Kier alpha value is -0.480. The molecule has 208 valence electrons. The lowest BCUT2D eigenvalue weighted by Gasteiger charge is -2.62. The zero-order valence-electron chi connectivity index (χ0n) is 22.1. The largest absolute Gasteiger partial charge is 0.390 e. The van der Waals surface area contributed by atoms with Crippen molar-refractivity contribution >= 4 is 25.8 Å². The zero-order chi connectivity index (χ0) is 26.3. The molecule has 0 bridgehead atoms. The highest BCUT2D eigenvalue weighted by Gasteiger charge is 2.61. The molecule has 0 spiro atoms. The molecule has 4 saturated carbocycles. The third kappa shape index (κ3) is 5.47. The molecule has 1 unspecified atom stereocenters. The van der Waals surface area contributed by atoms with E-state index in [1.165, 1.54) is 6.42 Å². The summed E-state index contributed by atoms with van der Waals surface area (Å²) in [6.07, 6.45) is 9.49. The average Bonchev–Trinajstić information content (AvgIpc) is 3.12. The summed E-state index contributed by atoms with van der Waals surface area (Å²) in [5.41, 5.74) is 0.214. The van der Waals surface area contributed by atoms with Gasteiger partial charge in [-0.15, -0.1) is 0 Å². The van der Waals surface area contributed by atoms with Gasteiger partial charge in [-0.2, -0.15) is 16.8 Å². The number of ether oxygens (including phenoxy) is 1. The van der Waals surface area contributed by atoms with Crippen molar-refractivity contribution in [3.8, 4) is 0 Å². The standard InChI is InChI=1S/C27H46O7S2/c1-4-13-34-25-17-27(3)19(16-24(25)28)7-9-21-22-10-8-18(26(22,2)12-11-23(21)27)15-20(36(31,32)33)6-5-14-35(29)30/h14,18-25,28H,4-13,15-17H2,1-3H3,(H,31,32,33)/t18-,19+,20?,21+,22+,23+,24+,25+,26-,27+/m1/s1. The SMILES string of the molecule is CCCO[C@H]1C[C@@]2(C)[C@@H](CC[C@@H]3[C@@H]2CC[C@]2(C)[C@@H](CC(CCC=S(=O)=O)S(=O)(=O)O)CC[C@@H]32)C[C@@H]1O. The summed E-state index contributed by atoms with van der Waals surface area (Å²) < 4.78 is 62.1. The molecule has 10 atom stereocenters. The number of hydrogen-bond acceptors (Lipinski definition) is 6. The Morgan fingerprint density at radius 2 is 1.81 bits per heavy atom. The number of fused-ring (bicyclic) bond motifs is 5. The van der Waals surface area contributed by atoms with Crippen LogP contribution in [0.2, 0.25) is 0 Å². The molecule has 4 fully saturated rings. The molecule has 0 amide bonds. The highest BCUT2D eigenvalue weighted by atomic mass is 32.2. The van der Waals surface area contributed by atoms with Crippen LogP contribution >= 0.6 is 0 Å². The molecule has 0 aromatic heterocycles. The van der Waals surface area contributed by atoms with Crippen LogP contribution in [0.1, 0.15) is 97.8 Å². The van der Waals surface area contributed by atoms with Crippen LogP contribution < -0.4 is 0 Å².